The van der Waals surface area contributed by atoms with Gasteiger partial charge in [0.25, 0.3) is 0 Å². The van der Waals surface area contributed by atoms with Gasteiger partial charge >= 0.3 is 68.1 Å². The molecule has 0 atom stereocenters. The third kappa shape index (κ3) is 190. The summed E-state index contributed by atoms with van der Waals surface area (Å²) in [7, 11) is 10.0. The quantitative estimate of drug-likeness (QED) is 0.360. The molecule has 0 heterocycles. The number of hydrogen-bond acceptors (Lipinski definition) is 1. The Morgan fingerprint density at radius 1 is 1.20 bits per heavy atom. The summed E-state index contributed by atoms with van der Waals surface area (Å²) in [5.74, 6) is 0. The summed E-state index contributed by atoms with van der Waals surface area (Å²) in [4.78, 5) is 21.6. The van der Waals surface area contributed by atoms with Crippen LogP contribution in [0.15, 0.2) is 0 Å². The molecule has 10 heteroatoms. The Labute approximate surface area is 88.3 Å². The van der Waals surface area contributed by atoms with Gasteiger partial charge in [0.05, 0.1) is 0 Å². The van der Waals surface area contributed by atoms with Crippen LogP contribution in [0.5, 0.6) is 0 Å². The molecule has 0 rings (SSSR count). The van der Waals surface area contributed by atoms with Crippen molar-refractivity contribution in [2.24, 2.45) is 0 Å². The maximum atomic E-state index is 8.88. The molecule has 0 saturated carbocycles. The summed E-state index contributed by atoms with van der Waals surface area (Å²) in [5, 5.41) is 0. The minimum Gasteiger partial charge on any atom is -1.00 e. The van der Waals surface area contributed by atoms with Crippen molar-refractivity contribution in [3.63, 3.8) is 0 Å². The van der Waals surface area contributed by atoms with Crippen LogP contribution in [0, 0.1) is 0 Å². The van der Waals surface area contributed by atoms with E-state index >= 15 is 0 Å². The van der Waals surface area contributed by atoms with Crippen LogP contribution in [0.4, 0.5) is 0 Å². The van der Waals surface area contributed by atoms with Gasteiger partial charge in [-0.2, -0.15) is 0 Å². The standard InChI is InChI=1S/3ClH.Fe.Li.H3O4P.H/c;;;;;1-5(2,3)4;/h3*1H;;;(H3,1,2,3,4);/q;;;+3;+1;;-1/p-3. The zero-order valence-corrected chi connectivity index (χ0v) is 8.95. The SMILES string of the molecule is O=P(O)(O)O.[Cl][Fe]([Cl])[Cl].[H-].[Li+]. The minimum atomic E-state index is -4.64. The van der Waals surface area contributed by atoms with Crippen LogP contribution in [0.3, 0.4) is 0 Å². The predicted molar refractivity (Wildman–Crippen MR) is 32.9 cm³/mol. The molecule has 0 aliphatic carbocycles. The second-order valence-corrected chi connectivity index (χ2v) is 7.16. The number of halogens is 3. The maximum absolute atomic E-state index is 8.88. The zero-order valence-electron chi connectivity index (χ0n) is 5.68. The molecule has 0 unspecified atom stereocenters. The van der Waals surface area contributed by atoms with E-state index in [-0.39, 0.29) is 20.3 Å². The second kappa shape index (κ2) is 9.19. The fourth-order valence-corrected chi connectivity index (χ4v) is 0. The Morgan fingerprint density at radius 2 is 1.20 bits per heavy atom. The third-order valence-electron chi connectivity index (χ3n) is 0. The van der Waals surface area contributed by atoms with Crippen molar-refractivity contribution < 1.29 is 50.7 Å². The first-order valence-corrected chi connectivity index (χ1v) is 7.31. The molecular formula is H4Cl3FeLiO4P. The average molecular weight is 268 g/mol. The van der Waals surface area contributed by atoms with Crippen LogP contribution < -0.4 is 18.9 Å². The van der Waals surface area contributed by atoms with Crippen LogP contribution in [0.2, 0.25) is 0 Å². The molecule has 3 N–H and O–H groups in total. The van der Waals surface area contributed by atoms with Crippen molar-refractivity contribution in [2.75, 3.05) is 0 Å². The van der Waals surface area contributed by atoms with E-state index < -0.39 is 19.0 Å². The summed E-state index contributed by atoms with van der Waals surface area (Å²) in [5.41, 5.74) is 0. The van der Waals surface area contributed by atoms with E-state index in [2.05, 4.69) is 0 Å². The molecule has 0 saturated heterocycles. The molecule has 0 spiro atoms. The molecule has 0 radical (unpaired) electrons. The van der Waals surface area contributed by atoms with E-state index in [0.717, 1.165) is 0 Å². The molecule has 0 aromatic heterocycles. The molecule has 4 nitrogen and oxygen atoms in total. The van der Waals surface area contributed by atoms with Crippen LogP contribution in [-0.2, 0) is 15.7 Å². The molecule has 0 aliphatic rings. The zero-order chi connectivity index (χ0) is 8.08. The first kappa shape index (κ1) is 18.0. The van der Waals surface area contributed by atoms with E-state index in [9.17, 15) is 0 Å². The van der Waals surface area contributed by atoms with Crippen molar-refractivity contribution in [3.05, 3.63) is 0 Å². The molecule has 0 bridgehead atoms. The Hall–Kier alpha value is 2.10. The predicted octanol–water partition coefficient (Wildman–Crippen LogP) is -1.75. The third-order valence-corrected chi connectivity index (χ3v) is 0. The van der Waals surface area contributed by atoms with E-state index in [4.69, 9.17) is 49.5 Å². The first-order chi connectivity index (χ1) is 3.73. The van der Waals surface area contributed by atoms with Gasteiger partial charge in [-0.1, -0.05) is 0 Å². The Kier molecular flexibility index (Phi) is 16.5. The van der Waals surface area contributed by atoms with E-state index in [1.807, 2.05) is 0 Å². The molecule has 0 amide bonds. The van der Waals surface area contributed by atoms with Crippen molar-refractivity contribution in [1.82, 2.24) is 0 Å². The van der Waals surface area contributed by atoms with Gasteiger partial charge in [-0.15, -0.1) is 0 Å². The fourth-order valence-electron chi connectivity index (χ4n) is 0. The van der Waals surface area contributed by atoms with Gasteiger partial charge in [0.1, 0.15) is 0 Å². The number of rotatable bonds is 0. The van der Waals surface area contributed by atoms with Gasteiger partial charge in [-0.05, 0) is 0 Å². The van der Waals surface area contributed by atoms with E-state index in [1.54, 1.807) is 0 Å². The molecule has 63 valence electrons. The van der Waals surface area contributed by atoms with Crippen molar-refractivity contribution in [2.45, 2.75) is 0 Å². The molecule has 0 aliphatic heterocycles. The van der Waals surface area contributed by atoms with Crippen molar-refractivity contribution in [1.29, 1.82) is 0 Å². The Balaban J connectivity index is -0.0000000383. The molecular weight excluding hydrogens is 264 g/mol. The van der Waals surface area contributed by atoms with Gasteiger partial charge < -0.3 is 16.1 Å². The van der Waals surface area contributed by atoms with Crippen LogP contribution >= 0.6 is 38.1 Å². The molecule has 0 fully saturated rings. The number of phosphoric acid groups is 1. The number of hydrogen-bond donors (Lipinski definition) is 3. The average Bonchev–Trinajstić information content (AvgIpc) is 1.19. The smallest absolute Gasteiger partial charge is 1.00 e. The molecule has 0 aromatic rings. The van der Waals surface area contributed by atoms with Gasteiger partial charge in [0.2, 0.25) is 0 Å². The van der Waals surface area contributed by atoms with Gasteiger partial charge in [-0.25, -0.2) is 4.57 Å². The van der Waals surface area contributed by atoms with Crippen molar-refractivity contribution >= 4 is 38.1 Å². The molecule has 0 aromatic carbocycles. The topological polar surface area (TPSA) is 77.8 Å². The van der Waals surface area contributed by atoms with E-state index in [1.165, 1.54) is 0 Å². The summed E-state index contributed by atoms with van der Waals surface area (Å²) >= 11 is -1.33. The van der Waals surface area contributed by atoms with Gasteiger partial charge in [0, 0.05) is 0 Å². The second-order valence-electron chi connectivity index (χ2n) is 0.665. The van der Waals surface area contributed by atoms with Gasteiger partial charge in [0.15, 0.2) is 0 Å². The minimum absolute atomic E-state index is 0. The molecule has 10 heavy (non-hydrogen) atoms. The normalized spacial score (nSPS) is 10.4. The summed E-state index contributed by atoms with van der Waals surface area (Å²) < 4.78 is 8.88. The maximum Gasteiger partial charge on any atom is 1.00 e. The summed E-state index contributed by atoms with van der Waals surface area (Å²) in [6.45, 7) is 0. The van der Waals surface area contributed by atoms with Crippen LogP contribution in [0.25, 0.3) is 0 Å². The van der Waals surface area contributed by atoms with Crippen LogP contribution in [-0.4, -0.2) is 14.7 Å². The van der Waals surface area contributed by atoms with Gasteiger partial charge in [-0.3, -0.25) is 0 Å². The Morgan fingerprint density at radius 3 is 1.20 bits per heavy atom. The van der Waals surface area contributed by atoms with Crippen LogP contribution in [0.1, 0.15) is 1.43 Å². The first-order valence-electron chi connectivity index (χ1n) is 1.18. The largest absolute Gasteiger partial charge is 1.00 e. The Bertz CT molecular complexity index is 96.5. The van der Waals surface area contributed by atoms with E-state index in [0.29, 0.717) is 0 Å². The van der Waals surface area contributed by atoms with Crippen molar-refractivity contribution in [3.8, 4) is 0 Å². The summed E-state index contributed by atoms with van der Waals surface area (Å²) in [6.07, 6.45) is 0. The monoisotopic (exact) mass is 267 g/mol. The summed E-state index contributed by atoms with van der Waals surface area (Å²) in [6, 6.07) is 0. The fraction of sp³-hybridized carbons (Fsp3) is 0.